The lowest BCUT2D eigenvalue weighted by Gasteiger charge is -2.18. The van der Waals surface area contributed by atoms with Crippen LogP contribution in [0.3, 0.4) is 0 Å². The summed E-state index contributed by atoms with van der Waals surface area (Å²) in [4.78, 5) is 61.0. The molecule has 13 nitrogen and oxygen atoms in total. The van der Waals surface area contributed by atoms with Gasteiger partial charge in [-0.15, -0.1) is 0 Å². The number of amides is 3. The van der Waals surface area contributed by atoms with Crippen molar-refractivity contribution in [2.75, 3.05) is 6.54 Å². The average molecular weight is 547 g/mol. The lowest BCUT2D eigenvalue weighted by atomic mass is 10.1. The van der Waals surface area contributed by atoms with Crippen LogP contribution < -0.4 is 16.0 Å². The first-order valence-corrected chi connectivity index (χ1v) is 12.2. The van der Waals surface area contributed by atoms with Crippen LogP contribution >= 0.6 is 0 Å². The Balaban J connectivity index is 1.37. The standard InChI is InChI=1S/C27H26N6O7/c34-19-8-6-16(7-9-19)10-21(27(38)39)31-23(35)13-29-24(36)20(11-18-12-28-15-30-18)32-25(37)22-14-40-26(33-22)17-4-2-1-3-5-17/h1-9,12,14-15,20-21,34H,10-11,13H2,(H,28,30)(H,29,36)(H,31,35)(H,32,37)(H,38,39)/t20-,21-/m0/s1. The summed E-state index contributed by atoms with van der Waals surface area (Å²) in [5, 5.41) is 26.3. The fraction of sp³-hybridized carbons (Fsp3) is 0.185. The number of hydrogen-bond acceptors (Lipinski definition) is 8. The van der Waals surface area contributed by atoms with Gasteiger partial charge in [0.25, 0.3) is 5.91 Å². The summed E-state index contributed by atoms with van der Waals surface area (Å²) < 4.78 is 5.40. The number of rotatable bonds is 12. The van der Waals surface area contributed by atoms with E-state index in [9.17, 15) is 29.4 Å². The number of carboxylic acid groups (broad SMARTS) is 1. The molecule has 4 rings (SSSR count). The van der Waals surface area contributed by atoms with Crippen molar-refractivity contribution in [1.82, 2.24) is 30.9 Å². The molecule has 2 aromatic heterocycles. The lowest BCUT2D eigenvalue weighted by molar-refractivity contribution is -0.141. The minimum Gasteiger partial charge on any atom is -0.508 e. The normalized spacial score (nSPS) is 12.2. The molecule has 2 atom stereocenters. The number of phenols is 1. The first kappa shape index (κ1) is 27.6. The Kier molecular flexibility index (Phi) is 8.87. The topological polar surface area (TPSA) is 200 Å². The highest BCUT2D eigenvalue weighted by atomic mass is 16.4. The Labute approximate surface area is 227 Å². The van der Waals surface area contributed by atoms with Gasteiger partial charge in [0, 0.05) is 30.3 Å². The third kappa shape index (κ3) is 7.54. The van der Waals surface area contributed by atoms with Gasteiger partial charge < -0.3 is 35.6 Å². The van der Waals surface area contributed by atoms with Gasteiger partial charge in [0.2, 0.25) is 17.7 Å². The van der Waals surface area contributed by atoms with E-state index in [1.807, 2.05) is 6.07 Å². The number of oxazole rings is 1. The molecule has 0 unspecified atom stereocenters. The third-order valence-corrected chi connectivity index (χ3v) is 5.79. The zero-order chi connectivity index (χ0) is 28.5. The summed E-state index contributed by atoms with van der Waals surface area (Å²) in [5.41, 5.74) is 1.76. The highest BCUT2D eigenvalue weighted by molar-refractivity contribution is 5.97. The number of aromatic nitrogens is 3. The second-order valence-corrected chi connectivity index (χ2v) is 8.76. The number of aromatic hydroxyl groups is 1. The van der Waals surface area contributed by atoms with E-state index in [0.717, 1.165) is 0 Å². The molecule has 4 aromatic rings. The Morgan fingerprint density at radius 2 is 1.70 bits per heavy atom. The van der Waals surface area contributed by atoms with E-state index in [-0.39, 0.29) is 30.2 Å². The number of phenolic OH excluding ortho intramolecular Hbond substituents is 1. The van der Waals surface area contributed by atoms with Crippen molar-refractivity contribution in [3.8, 4) is 17.2 Å². The number of aliphatic carboxylic acids is 1. The fourth-order valence-corrected chi connectivity index (χ4v) is 3.75. The van der Waals surface area contributed by atoms with Crippen molar-refractivity contribution in [3.63, 3.8) is 0 Å². The summed E-state index contributed by atoms with van der Waals surface area (Å²) in [5.74, 6) is -3.10. The molecule has 2 aromatic carbocycles. The van der Waals surface area contributed by atoms with Crippen molar-refractivity contribution >= 4 is 23.7 Å². The Hall–Kier alpha value is -5.46. The first-order valence-electron chi connectivity index (χ1n) is 12.2. The molecule has 2 heterocycles. The van der Waals surface area contributed by atoms with Crippen LogP contribution in [0.15, 0.2) is 77.8 Å². The Morgan fingerprint density at radius 3 is 2.38 bits per heavy atom. The van der Waals surface area contributed by atoms with E-state index in [2.05, 4.69) is 30.9 Å². The van der Waals surface area contributed by atoms with Crippen molar-refractivity contribution in [2.24, 2.45) is 0 Å². The van der Waals surface area contributed by atoms with Gasteiger partial charge in [-0.25, -0.2) is 14.8 Å². The summed E-state index contributed by atoms with van der Waals surface area (Å²) in [6.45, 7) is -0.532. The predicted molar refractivity (Wildman–Crippen MR) is 140 cm³/mol. The average Bonchev–Trinajstić information content (AvgIpc) is 3.65. The number of carboxylic acids is 1. The third-order valence-electron chi connectivity index (χ3n) is 5.79. The van der Waals surface area contributed by atoms with Crippen molar-refractivity contribution in [3.05, 3.63) is 90.3 Å². The number of aromatic amines is 1. The van der Waals surface area contributed by atoms with Crippen LogP contribution in [0.4, 0.5) is 0 Å². The highest BCUT2D eigenvalue weighted by Crippen LogP contribution is 2.18. The molecule has 206 valence electrons. The summed E-state index contributed by atoms with van der Waals surface area (Å²) >= 11 is 0. The van der Waals surface area contributed by atoms with Crippen LogP contribution in [0.5, 0.6) is 5.75 Å². The van der Waals surface area contributed by atoms with E-state index >= 15 is 0 Å². The molecule has 13 heteroatoms. The van der Waals surface area contributed by atoms with Crippen molar-refractivity contribution in [1.29, 1.82) is 0 Å². The predicted octanol–water partition coefficient (Wildman–Crippen LogP) is 1.04. The summed E-state index contributed by atoms with van der Waals surface area (Å²) in [7, 11) is 0. The quantitative estimate of drug-likeness (QED) is 0.150. The number of imidazole rings is 1. The van der Waals surface area contributed by atoms with Crippen LogP contribution in [0.1, 0.15) is 21.7 Å². The second-order valence-electron chi connectivity index (χ2n) is 8.76. The monoisotopic (exact) mass is 546 g/mol. The van der Waals surface area contributed by atoms with E-state index in [1.54, 1.807) is 36.4 Å². The van der Waals surface area contributed by atoms with E-state index in [0.29, 0.717) is 16.8 Å². The number of nitrogens with zero attached hydrogens (tertiary/aromatic N) is 2. The largest absolute Gasteiger partial charge is 0.508 e. The van der Waals surface area contributed by atoms with Crippen LogP contribution in [0, 0.1) is 0 Å². The second kappa shape index (κ2) is 12.9. The molecule has 0 radical (unpaired) electrons. The molecule has 0 spiro atoms. The number of benzene rings is 2. The van der Waals surface area contributed by atoms with Gasteiger partial charge in [-0.1, -0.05) is 30.3 Å². The minimum atomic E-state index is -1.26. The van der Waals surface area contributed by atoms with Crippen molar-refractivity contribution < 1.29 is 33.8 Å². The smallest absolute Gasteiger partial charge is 0.326 e. The van der Waals surface area contributed by atoms with Crippen LogP contribution in [0.25, 0.3) is 11.5 Å². The van der Waals surface area contributed by atoms with E-state index in [4.69, 9.17) is 4.42 Å². The number of hydrogen-bond donors (Lipinski definition) is 6. The molecule has 0 aliphatic carbocycles. The maximum absolute atomic E-state index is 13.0. The number of nitrogens with one attached hydrogen (secondary N) is 4. The zero-order valence-corrected chi connectivity index (χ0v) is 21.0. The van der Waals surface area contributed by atoms with Crippen LogP contribution in [-0.2, 0) is 27.2 Å². The molecular weight excluding hydrogens is 520 g/mol. The van der Waals surface area contributed by atoms with Gasteiger partial charge in [0.15, 0.2) is 5.69 Å². The molecule has 40 heavy (non-hydrogen) atoms. The van der Waals surface area contributed by atoms with Crippen molar-refractivity contribution in [2.45, 2.75) is 24.9 Å². The molecule has 0 saturated heterocycles. The maximum atomic E-state index is 13.0. The number of carbonyl (C=O) groups is 4. The number of H-pyrrole nitrogens is 1. The van der Waals surface area contributed by atoms with Gasteiger partial charge in [0.1, 0.15) is 24.1 Å². The molecule has 0 aliphatic heterocycles. The number of carbonyl (C=O) groups excluding carboxylic acids is 3. The highest BCUT2D eigenvalue weighted by Gasteiger charge is 2.26. The van der Waals surface area contributed by atoms with Crippen LogP contribution in [-0.4, -0.2) is 67.5 Å². The molecule has 0 saturated carbocycles. The fourth-order valence-electron chi connectivity index (χ4n) is 3.75. The molecule has 0 bridgehead atoms. The minimum absolute atomic E-state index is 0.0272. The molecule has 0 fully saturated rings. The Bertz CT molecular complexity index is 1450. The van der Waals surface area contributed by atoms with Gasteiger partial charge in [-0.05, 0) is 29.8 Å². The van der Waals surface area contributed by atoms with Gasteiger partial charge >= 0.3 is 5.97 Å². The van der Waals surface area contributed by atoms with Crippen LogP contribution in [0.2, 0.25) is 0 Å². The lowest BCUT2D eigenvalue weighted by Crippen LogP contribution is -2.51. The maximum Gasteiger partial charge on any atom is 0.326 e. The van der Waals surface area contributed by atoms with Gasteiger partial charge in [0.05, 0.1) is 12.9 Å². The van der Waals surface area contributed by atoms with E-state index in [1.165, 1.54) is 30.9 Å². The Morgan fingerprint density at radius 1 is 0.950 bits per heavy atom. The summed E-state index contributed by atoms with van der Waals surface area (Å²) in [6, 6.07) is 12.5. The SMILES string of the molecule is O=C(CNC(=O)[C@H](Cc1cnc[nH]1)NC(=O)c1coc(-c2ccccc2)n1)N[C@@H](Cc1ccc(O)cc1)C(=O)O. The van der Waals surface area contributed by atoms with E-state index < -0.39 is 42.3 Å². The van der Waals surface area contributed by atoms with Gasteiger partial charge in [-0.2, -0.15) is 0 Å². The zero-order valence-electron chi connectivity index (χ0n) is 21.0. The van der Waals surface area contributed by atoms with Gasteiger partial charge in [-0.3, -0.25) is 14.4 Å². The first-order chi connectivity index (χ1) is 19.3. The molecule has 0 aliphatic rings. The molecule has 3 amide bonds. The molecular formula is C27H26N6O7. The molecule has 6 N–H and O–H groups in total. The summed E-state index contributed by atoms with van der Waals surface area (Å²) in [6.07, 6.45) is 4.08.